The van der Waals surface area contributed by atoms with Crippen LogP contribution in [0.3, 0.4) is 0 Å². The molecule has 0 aliphatic carbocycles. The van der Waals surface area contributed by atoms with Crippen molar-refractivity contribution < 1.29 is 52.9 Å². The molecule has 0 spiro atoms. The number of carbonyl (C=O) groups excluding carboxylic acids is 7. The molecule has 2 fully saturated rings. The Balaban J connectivity index is 1.36. The number of carboxylic acids is 1. The van der Waals surface area contributed by atoms with Gasteiger partial charge >= 0.3 is 5.97 Å². The van der Waals surface area contributed by atoms with Gasteiger partial charge in [0.05, 0.1) is 42.7 Å². The summed E-state index contributed by atoms with van der Waals surface area (Å²) in [6.07, 6.45) is 3.86. The lowest BCUT2D eigenvalue weighted by molar-refractivity contribution is -0.148. The molecule has 2 aromatic rings. The maximum absolute atomic E-state index is 14.7. The van der Waals surface area contributed by atoms with E-state index in [1.807, 2.05) is 108 Å². The number of ether oxygens (including phenoxy) is 2. The summed E-state index contributed by atoms with van der Waals surface area (Å²) in [6, 6.07) is 13.3. The van der Waals surface area contributed by atoms with Crippen LogP contribution in [0.4, 0.5) is 5.69 Å². The zero-order valence-corrected chi connectivity index (χ0v) is 48.3. The third kappa shape index (κ3) is 17.4. The fourth-order valence-electron chi connectivity index (χ4n) is 11.1. The fraction of sp³-hybridized carbons (Fsp3) is 0.661. The molecule has 2 aliphatic rings. The Kier molecular flexibility index (Phi) is 25.2. The lowest BCUT2D eigenvalue weighted by Crippen LogP contribution is -2.60. The molecule has 0 aromatic heterocycles. The number of amides is 7. The van der Waals surface area contributed by atoms with Crippen LogP contribution in [0.15, 0.2) is 54.6 Å². The predicted octanol–water partition coefficient (Wildman–Crippen LogP) is 5.98. The quantitative estimate of drug-likeness (QED) is 0.0588. The number of aliphatic carboxylic acids is 1. The highest BCUT2D eigenvalue weighted by molar-refractivity contribution is 6.03. The van der Waals surface area contributed by atoms with E-state index in [9.17, 15) is 43.5 Å². The minimum atomic E-state index is -1.15. The average Bonchev–Trinajstić information content (AvgIpc) is 3.98. The summed E-state index contributed by atoms with van der Waals surface area (Å²) < 4.78 is 12.0. The number of nitrogens with one attached hydrogen (secondary N) is 2. The van der Waals surface area contributed by atoms with Crippen LogP contribution in [0.25, 0.3) is 0 Å². The second-order valence-corrected chi connectivity index (χ2v) is 22.2. The van der Waals surface area contributed by atoms with Crippen molar-refractivity contribution in [2.24, 2.45) is 29.6 Å². The van der Waals surface area contributed by atoms with Crippen LogP contribution in [0, 0.1) is 29.6 Å². The monoisotopic (exact) mass is 1070 g/mol. The van der Waals surface area contributed by atoms with Crippen molar-refractivity contribution in [3.63, 3.8) is 0 Å². The molecule has 77 heavy (non-hydrogen) atoms. The fourth-order valence-corrected chi connectivity index (χ4v) is 11.1. The Hall–Kier alpha value is -5.72. The van der Waals surface area contributed by atoms with Crippen molar-refractivity contribution in [2.75, 3.05) is 59.9 Å². The maximum Gasteiger partial charge on any atom is 0.326 e. The van der Waals surface area contributed by atoms with Gasteiger partial charge in [-0.3, -0.25) is 43.4 Å². The predicted molar refractivity (Wildman–Crippen MR) is 296 cm³/mol. The molecule has 4 rings (SSSR count). The Labute approximate surface area is 458 Å². The highest BCUT2D eigenvalue weighted by Crippen LogP contribution is 2.30. The van der Waals surface area contributed by atoms with Gasteiger partial charge in [0.25, 0.3) is 0 Å². The number of hydrogen-bond donors (Lipinski definition) is 3. The van der Waals surface area contributed by atoms with Crippen LogP contribution in [0.5, 0.6) is 0 Å². The van der Waals surface area contributed by atoms with Gasteiger partial charge in [-0.1, -0.05) is 111 Å². The van der Waals surface area contributed by atoms with Gasteiger partial charge in [-0.05, 0) is 80.2 Å². The van der Waals surface area contributed by atoms with Gasteiger partial charge in [0.1, 0.15) is 12.1 Å². The molecule has 2 unspecified atom stereocenters. The molecule has 18 heteroatoms. The minimum Gasteiger partial charge on any atom is -0.480 e. The summed E-state index contributed by atoms with van der Waals surface area (Å²) in [5.74, 6) is -4.21. The van der Waals surface area contributed by atoms with E-state index in [2.05, 4.69) is 10.6 Å². The summed E-state index contributed by atoms with van der Waals surface area (Å²) >= 11 is 0. The van der Waals surface area contributed by atoms with Gasteiger partial charge in [-0.2, -0.15) is 0 Å². The lowest BCUT2D eigenvalue weighted by Gasteiger charge is -2.41. The highest BCUT2D eigenvalue weighted by atomic mass is 16.5. The molecule has 7 amide bonds. The topological polar surface area (TPSA) is 216 Å². The number of likely N-dealkylation sites (tertiary alicyclic amines) is 2. The number of imide groups is 1. The van der Waals surface area contributed by atoms with Crippen LogP contribution >= 0.6 is 0 Å². The minimum absolute atomic E-state index is 0.0206. The summed E-state index contributed by atoms with van der Waals surface area (Å²) in [6.45, 7) is 16.6. The number of likely N-dealkylation sites (N-methyl/N-ethyl adjacent to an activating group) is 2. The van der Waals surface area contributed by atoms with Gasteiger partial charge in [-0.25, -0.2) is 4.79 Å². The molecule has 18 nitrogen and oxygen atoms in total. The molecular formula is C59H91N7O11. The Morgan fingerprint density at radius 3 is 2.04 bits per heavy atom. The summed E-state index contributed by atoms with van der Waals surface area (Å²) in [4.78, 5) is 115. The smallest absolute Gasteiger partial charge is 0.326 e. The molecule has 0 bridgehead atoms. The van der Waals surface area contributed by atoms with Crippen molar-refractivity contribution in [3.8, 4) is 0 Å². The first-order chi connectivity index (χ1) is 36.5. The zero-order valence-electron chi connectivity index (χ0n) is 48.3. The first-order valence-corrected chi connectivity index (χ1v) is 27.9. The number of anilines is 1. The van der Waals surface area contributed by atoms with Gasteiger partial charge in [0.15, 0.2) is 0 Å². The molecule has 2 aliphatic heterocycles. The van der Waals surface area contributed by atoms with Crippen molar-refractivity contribution in [1.82, 2.24) is 30.2 Å². The maximum atomic E-state index is 14.7. The third-order valence-corrected chi connectivity index (χ3v) is 16.0. The number of carboxylic acid groups (broad SMARTS) is 1. The van der Waals surface area contributed by atoms with E-state index in [-0.39, 0.29) is 78.4 Å². The molecule has 0 saturated carbocycles. The molecule has 2 aromatic carbocycles. The van der Waals surface area contributed by atoms with E-state index in [0.717, 1.165) is 23.2 Å². The van der Waals surface area contributed by atoms with E-state index in [1.54, 1.807) is 42.6 Å². The van der Waals surface area contributed by atoms with Crippen molar-refractivity contribution in [2.45, 2.75) is 168 Å². The van der Waals surface area contributed by atoms with E-state index in [4.69, 9.17) is 9.47 Å². The van der Waals surface area contributed by atoms with Crippen LogP contribution in [0.2, 0.25) is 0 Å². The second kappa shape index (κ2) is 30.4. The van der Waals surface area contributed by atoms with E-state index < -0.39 is 60.2 Å². The SMILES string of the molecule is CC[C@H](C)[C@@H]([C@@H](CC(=O)N1CCC[C@H]1[C@H](OC)[C@@H](C)C(=O)NC(Cc1ccccc1)C(=O)O)OC)N(C)C(=O)[C@@H](NC(=O)[C@H](C(C)C)N(C)CCc1ccc(N(C)C(=O)CCCCCN2C(=O)CC(C)C2=O)cc1)C(C)C. The van der Waals surface area contributed by atoms with Crippen molar-refractivity contribution >= 4 is 53.0 Å². The van der Waals surface area contributed by atoms with Crippen molar-refractivity contribution in [1.29, 1.82) is 0 Å². The molecule has 2 saturated heterocycles. The molecule has 0 radical (unpaired) electrons. The Morgan fingerprint density at radius 2 is 1.48 bits per heavy atom. The van der Waals surface area contributed by atoms with E-state index in [0.29, 0.717) is 64.6 Å². The average molecular weight is 1070 g/mol. The first-order valence-electron chi connectivity index (χ1n) is 27.9. The molecule has 10 atom stereocenters. The standard InChI is InChI=1S/C59H91N7O11/c1-14-39(6)53(47(76-12)36-50(69)65-32-21-24-46(65)54(77-13)41(8)55(70)60-45(59(74)75)35-43-22-17-15-18-23-43)64(11)58(73)51(37(2)3)61-56(71)52(38(4)5)62(9)33-30-42-26-28-44(29-27-42)63(10)48(67)25-19-16-20-31-66-49(68)34-40(7)57(66)72/h15,17-18,22-23,26-29,37-41,45-47,51-54H,14,16,19-21,24-25,30-36H2,1-13H3,(H,60,70)(H,61,71)(H,74,75)/t39-,40?,41+,45?,46-,47+,51-,52-,53-,54+/m0/s1. The highest BCUT2D eigenvalue weighted by Gasteiger charge is 2.44. The van der Waals surface area contributed by atoms with Gasteiger partial charge < -0.3 is 39.9 Å². The number of unbranched alkanes of at least 4 members (excludes halogenated alkanes) is 2. The number of nitrogens with zero attached hydrogens (tertiary/aromatic N) is 5. The van der Waals surface area contributed by atoms with Crippen LogP contribution in [0.1, 0.15) is 124 Å². The molecular weight excluding hydrogens is 983 g/mol. The third-order valence-electron chi connectivity index (χ3n) is 16.0. The number of hydrogen-bond acceptors (Lipinski definition) is 11. The van der Waals surface area contributed by atoms with Crippen LogP contribution < -0.4 is 15.5 Å². The molecule has 428 valence electrons. The Morgan fingerprint density at radius 1 is 0.818 bits per heavy atom. The summed E-state index contributed by atoms with van der Waals surface area (Å²) in [7, 11) is 8.38. The lowest BCUT2D eigenvalue weighted by atomic mass is 9.89. The number of methoxy groups -OCH3 is 2. The van der Waals surface area contributed by atoms with Crippen LogP contribution in [-0.4, -0.2) is 169 Å². The normalized spacial score (nSPS) is 18.9. The van der Waals surface area contributed by atoms with Gasteiger partial charge in [0.2, 0.25) is 41.4 Å². The molecule has 3 N–H and O–H groups in total. The number of rotatable bonds is 31. The summed E-state index contributed by atoms with van der Waals surface area (Å²) in [5, 5.41) is 15.8. The zero-order chi connectivity index (χ0) is 57.3. The van der Waals surface area contributed by atoms with Gasteiger partial charge in [-0.15, -0.1) is 0 Å². The number of benzene rings is 2. The largest absolute Gasteiger partial charge is 0.480 e. The second-order valence-electron chi connectivity index (χ2n) is 22.2. The van der Waals surface area contributed by atoms with Gasteiger partial charge in [0, 0.05) is 78.8 Å². The van der Waals surface area contributed by atoms with Crippen molar-refractivity contribution in [3.05, 3.63) is 65.7 Å². The van der Waals surface area contributed by atoms with E-state index >= 15 is 0 Å². The van der Waals surface area contributed by atoms with E-state index in [1.165, 1.54) is 19.1 Å². The molecule has 2 heterocycles. The Bertz CT molecular complexity index is 2280. The summed E-state index contributed by atoms with van der Waals surface area (Å²) in [5.41, 5.74) is 2.57. The number of carbonyl (C=O) groups is 8. The first kappa shape index (κ1) is 63.8. The van der Waals surface area contributed by atoms with Crippen LogP contribution in [-0.2, 0) is 60.7 Å².